The molecular weight excluding hydrogens is 244 g/mol. The first kappa shape index (κ1) is 12.3. The molecule has 0 fully saturated rings. The van der Waals surface area contributed by atoms with E-state index in [2.05, 4.69) is 20.3 Å². The Morgan fingerprint density at radius 1 is 1.42 bits per heavy atom. The molecule has 0 unspecified atom stereocenters. The van der Waals surface area contributed by atoms with E-state index in [-0.39, 0.29) is 5.96 Å². The van der Waals surface area contributed by atoms with Crippen molar-refractivity contribution in [2.45, 2.75) is 0 Å². The number of nitrogens with two attached hydrogens (primary N) is 1. The first-order valence-corrected chi connectivity index (χ1v) is 5.39. The highest BCUT2D eigenvalue weighted by Crippen LogP contribution is 2.18. The largest absolute Gasteiger partial charge is 0.369 e. The molecular formula is C12H11N6O+. The van der Waals surface area contributed by atoms with E-state index in [0.717, 1.165) is 11.1 Å². The lowest BCUT2D eigenvalue weighted by molar-refractivity contribution is -0.377. The van der Waals surface area contributed by atoms with Crippen LogP contribution in [0.5, 0.6) is 0 Å². The van der Waals surface area contributed by atoms with Crippen molar-refractivity contribution >= 4 is 11.9 Å². The van der Waals surface area contributed by atoms with Crippen molar-refractivity contribution in [2.75, 3.05) is 0 Å². The van der Waals surface area contributed by atoms with Gasteiger partial charge in [0.25, 0.3) is 5.91 Å². The summed E-state index contributed by atoms with van der Waals surface area (Å²) in [6.07, 6.45) is 6.78. The van der Waals surface area contributed by atoms with Crippen molar-refractivity contribution in [1.29, 1.82) is 5.26 Å². The monoisotopic (exact) mass is 255 g/mol. The Hall–Kier alpha value is -3.14. The van der Waals surface area contributed by atoms with Crippen LogP contribution in [0.15, 0.2) is 41.8 Å². The molecule has 0 saturated heterocycles. The molecule has 1 amide bonds. The summed E-state index contributed by atoms with van der Waals surface area (Å²) >= 11 is 0. The highest BCUT2D eigenvalue weighted by atomic mass is 16.2. The lowest BCUT2D eigenvalue weighted by Gasteiger charge is -1.99. The van der Waals surface area contributed by atoms with Crippen LogP contribution in [-0.4, -0.2) is 16.9 Å². The van der Waals surface area contributed by atoms with Gasteiger partial charge in [-0.15, -0.1) is 4.99 Å². The molecule has 2 rings (SSSR count). The van der Waals surface area contributed by atoms with Gasteiger partial charge in [0.05, 0.1) is 0 Å². The molecule has 7 nitrogen and oxygen atoms in total. The summed E-state index contributed by atoms with van der Waals surface area (Å²) in [6.45, 7) is 0. The summed E-state index contributed by atoms with van der Waals surface area (Å²) in [5, 5.41) is 10.6. The van der Waals surface area contributed by atoms with E-state index >= 15 is 0 Å². The third-order valence-corrected chi connectivity index (χ3v) is 2.39. The van der Waals surface area contributed by atoms with Crippen molar-refractivity contribution in [3.05, 3.63) is 42.5 Å². The minimum atomic E-state index is -0.453. The topological polar surface area (TPSA) is 121 Å². The van der Waals surface area contributed by atoms with Crippen molar-refractivity contribution in [1.82, 2.24) is 10.3 Å². The van der Waals surface area contributed by atoms with Gasteiger partial charge in [0.15, 0.2) is 12.4 Å². The molecule has 5 N–H and O–H groups in total. The molecule has 7 heteroatoms. The Morgan fingerprint density at radius 3 is 2.84 bits per heavy atom. The van der Waals surface area contributed by atoms with Gasteiger partial charge >= 0.3 is 0 Å². The van der Waals surface area contributed by atoms with E-state index in [0.29, 0.717) is 5.69 Å². The van der Waals surface area contributed by atoms with Crippen LogP contribution >= 0.6 is 0 Å². The van der Waals surface area contributed by atoms with Crippen molar-refractivity contribution in [3.8, 4) is 17.3 Å². The van der Waals surface area contributed by atoms with E-state index < -0.39 is 5.91 Å². The second-order valence-corrected chi connectivity index (χ2v) is 3.64. The maximum absolute atomic E-state index is 11.8. The van der Waals surface area contributed by atoms with Gasteiger partial charge < -0.3 is 10.7 Å². The lowest BCUT2D eigenvalue weighted by Crippen LogP contribution is -2.36. The number of carbonyl (C=O) groups is 1. The zero-order chi connectivity index (χ0) is 13.7. The van der Waals surface area contributed by atoms with E-state index in [1.54, 1.807) is 24.7 Å². The summed E-state index contributed by atoms with van der Waals surface area (Å²) in [5.41, 5.74) is 7.49. The Kier molecular flexibility index (Phi) is 3.54. The normalized spacial score (nSPS) is 10.8. The van der Waals surface area contributed by atoms with E-state index in [1.165, 1.54) is 6.19 Å². The minimum Gasteiger partial charge on any atom is -0.369 e. The lowest BCUT2D eigenvalue weighted by atomic mass is 10.1. The van der Waals surface area contributed by atoms with Crippen LogP contribution in [0.25, 0.3) is 11.1 Å². The van der Waals surface area contributed by atoms with Crippen LogP contribution in [-0.2, 0) is 0 Å². The summed E-state index contributed by atoms with van der Waals surface area (Å²) in [6, 6.07) is 5.46. The number of rotatable bonds is 2. The average Bonchev–Trinajstić information content (AvgIpc) is 2.89. The average molecular weight is 255 g/mol. The zero-order valence-corrected chi connectivity index (χ0v) is 9.84. The molecule has 0 aliphatic rings. The number of amides is 1. The van der Waals surface area contributed by atoms with Crippen molar-refractivity contribution < 1.29 is 9.78 Å². The van der Waals surface area contributed by atoms with Gasteiger partial charge in [0.2, 0.25) is 12.2 Å². The number of carbonyl (C=O) groups excluding carboxylic acids is 1. The second-order valence-electron chi connectivity index (χ2n) is 3.64. The van der Waals surface area contributed by atoms with Crippen LogP contribution in [0, 0.1) is 11.5 Å². The zero-order valence-electron chi connectivity index (χ0n) is 9.84. The maximum Gasteiger partial charge on any atom is 0.274 e. The number of aliphatic imine (C=N–C) groups is 1. The third-order valence-electron chi connectivity index (χ3n) is 2.39. The molecule has 2 aromatic heterocycles. The van der Waals surface area contributed by atoms with Crippen molar-refractivity contribution in [3.63, 3.8) is 0 Å². The van der Waals surface area contributed by atoms with Gasteiger partial charge in [-0.05, 0) is 11.6 Å². The van der Waals surface area contributed by atoms with Crippen LogP contribution in [0.1, 0.15) is 10.5 Å². The summed E-state index contributed by atoms with van der Waals surface area (Å²) in [7, 11) is 0. The Balaban J connectivity index is 2.16. The maximum atomic E-state index is 11.8. The molecule has 2 heterocycles. The Morgan fingerprint density at radius 2 is 2.16 bits per heavy atom. The molecule has 0 aliphatic heterocycles. The Bertz CT molecular complexity index is 652. The van der Waals surface area contributed by atoms with Crippen LogP contribution in [0.4, 0.5) is 0 Å². The highest BCUT2D eigenvalue weighted by molar-refractivity contribution is 6.05. The summed E-state index contributed by atoms with van der Waals surface area (Å²) in [5.74, 6) is -0.691. The number of nitrogens with zero attached hydrogens (tertiary/aromatic N) is 2. The molecule has 0 spiro atoms. The molecule has 0 aliphatic carbocycles. The quantitative estimate of drug-likeness (QED) is 0.398. The van der Waals surface area contributed by atoms with Crippen LogP contribution < -0.4 is 16.0 Å². The van der Waals surface area contributed by atoms with E-state index in [4.69, 9.17) is 11.0 Å². The predicted molar refractivity (Wildman–Crippen MR) is 67.5 cm³/mol. The fourth-order valence-corrected chi connectivity index (χ4v) is 1.54. The smallest absolute Gasteiger partial charge is 0.274 e. The van der Waals surface area contributed by atoms with Gasteiger partial charge in [-0.25, -0.2) is 4.98 Å². The number of pyridine rings is 1. The molecule has 19 heavy (non-hydrogen) atoms. The Labute approximate surface area is 108 Å². The van der Waals surface area contributed by atoms with Gasteiger partial charge in [0.1, 0.15) is 5.69 Å². The number of H-pyrrole nitrogens is 2. The number of hydrogen-bond donors (Lipinski definition) is 3. The SMILES string of the molecule is N#CN=C(N)NC(=O)c1cc(-c2cc[nH+]cc2)c[nH]1. The number of aromatic amines is 2. The van der Waals surface area contributed by atoms with Gasteiger partial charge in [-0.2, -0.15) is 5.26 Å². The number of nitriles is 1. The summed E-state index contributed by atoms with van der Waals surface area (Å²) < 4.78 is 0. The predicted octanol–water partition coefficient (Wildman–Crippen LogP) is 0.0214. The molecule has 0 aromatic carbocycles. The molecule has 0 atom stereocenters. The highest BCUT2D eigenvalue weighted by Gasteiger charge is 2.10. The van der Waals surface area contributed by atoms with Crippen LogP contribution in [0.2, 0.25) is 0 Å². The molecule has 0 saturated carbocycles. The molecule has 94 valence electrons. The second kappa shape index (κ2) is 5.46. The fraction of sp³-hybridized carbons (Fsp3) is 0. The van der Waals surface area contributed by atoms with Gasteiger partial charge in [-0.3, -0.25) is 10.1 Å². The van der Waals surface area contributed by atoms with E-state index in [9.17, 15) is 4.79 Å². The third kappa shape index (κ3) is 2.95. The number of aromatic nitrogens is 2. The van der Waals surface area contributed by atoms with Crippen LogP contribution in [0.3, 0.4) is 0 Å². The molecule has 0 radical (unpaired) electrons. The summed E-state index contributed by atoms with van der Waals surface area (Å²) in [4.78, 5) is 20.7. The van der Waals surface area contributed by atoms with Gasteiger partial charge in [-0.1, -0.05) is 0 Å². The standard InChI is InChI=1S/C12H10N6O/c13-7-17-12(14)18-11(19)10-5-9(6-16-10)8-1-3-15-4-2-8/h1-6,16H,(H3,14,17,18,19)/p+1. The number of hydrogen-bond acceptors (Lipinski definition) is 3. The fourth-order valence-electron chi connectivity index (χ4n) is 1.54. The number of guanidine groups is 1. The minimum absolute atomic E-state index is 0.238. The first-order chi connectivity index (χ1) is 9.20. The first-order valence-electron chi connectivity index (χ1n) is 5.39. The van der Waals surface area contributed by atoms with Crippen molar-refractivity contribution in [2.24, 2.45) is 10.7 Å². The molecule has 2 aromatic rings. The molecule has 0 bridgehead atoms. The number of nitrogens with one attached hydrogen (secondary N) is 3. The van der Waals surface area contributed by atoms with Gasteiger partial charge in [0, 0.05) is 23.9 Å². The van der Waals surface area contributed by atoms with E-state index in [1.807, 2.05) is 12.1 Å².